The molecule has 0 aliphatic heterocycles. The Balaban J connectivity index is 1.59. The normalized spacial score (nSPS) is 11.1. The summed E-state index contributed by atoms with van der Waals surface area (Å²) in [6, 6.07) is 5.85. The van der Waals surface area contributed by atoms with Crippen molar-refractivity contribution in [1.29, 1.82) is 0 Å². The summed E-state index contributed by atoms with van der Waals surface area (Å²) in [7, 11) is 1.85. The van der Waals surface area contributed by atoms with Crippen molar-refractivity contribution in [2.45, 2.75) is 6.92 Å². The zero-order chi connectivity index (χ0) is 16.7. The Labute approximate surface area is 145 Å². The van der Waals surface area contributed by atoms with Crippen molar-refractivity contribution in [3.8, 4) is 9.88 Å². The van der Waals surface area contributed by atoms with Gasteiger partial charge in [-0.3, -0.25) is 9.48 Å². The highest BCUT2D eigenvalue weighted by Crippen LogP contribution is 2.28. The highest BCUT2D eigenvalue weighted by molar-refractivity contribution is 7.20. The zero-order valence-corrected chi connectivity index (χ0v) is 14.6. The molecular weight excluding hydrogens is 342 g/mol. The largest absolute Gasteiger partial charge is 0.319 e. The van der Waals surface area contributed by atoms with Gasteiger partial charge in [0.2, 0.25) is 0 Å². The number of thiazole rings is 1. The molecule has 4 aromatic heterocycles. The Morgan fingerprint density at radius 1 is 1.33 bits per heavy atom. The third-order valence-electron chi connectivity index (χ3n) is 3.59. The Kier molecular flexibility index (Phi) is 3.62. The Morgan fingerprint density at radius 3 is 3.00 bits per heavy atom. The molecule has 0 fully saturated rings. The SMILES string of the molecule is Cc1nn(C)c2ncc(NC(=O)c3csc(-c4cccs4)n3)cc12. The van der Waals surface area contributed by atoms with E-state index in [2.05, 4.69) is 20.4 Å². The van der Waals surface area contributed by atoms with Crippen LogP contribution in [0.4, 0.5) is 5.69 Å². The molecule has 0 saturated heterocycles. The Bertz CT molecular complexity index is 1030. The molecule has 8 heteroatoms. The molecule has 0 aliphatic carbocycles. The number of fused-ring (bicyclic) bond motifs is 1. The van der Waals surface area contributed by atoms with Crippen LogP contribution in [-0.2, 0) is 7.05 Å². The van der Waals surface area contributed by atoms with Gasteiger partial charge in [-0.1, -0.05) is 6.07 Å². The molecule has 4 aromatic rings. The molecule has 1 amide bonds. The molecule has 24 heavy (non-hydrogen) atoms. The lowest BCUT2D eigenvalue weighted by Crippen LogP contribution is -2.12. The fourth-order valence-corrected chi connectivity index (χ4v) is 4.08. The van der Waals surface area contributed by atoms with Gasteiger partial charge in [-0.05, 0) is 24.4 Å². The number of aryl methyl sites for hydroxylation is 2. The maximum atomic E-state index is 12.4. The number of carbonyl (C=O) groups is 1. The Hall–Kier alpha value is -2.58. The topological polar surface area (TPSA) is 72.7 Å². The molecule has 120 valence electrons. The van der Waals surface area contributed by atoms with Crippen molar-refractivity contribution in [1.82, 2.24) is 19.7 Å². The van der Waals surface area contributed by atoms with E-state index in [9.17, 15) is 4.79 Å². The quantitative estimate of drug-likeness (QED) is 0.608. The van der Waals surface area contributed by atoms with Crippen LogP contribution in [0.2, 0.25) is 0 Å². The van der Waals surface area contributed by atoms with Gasteiger partial charge < -0.3 is 5.32 Å². The first kappa shape index (κ1) is 15.0. The van der Waals surface area contributed by atoms with Gasteiger partial charge in [0.1, 0.15) is 10.7 Å². The number of rotatable bonds is 3. The monoisotopic (exact) mass is 355 g/mol. The van der Waals surface area contributed by atoms with Gasteiger partial charge in [0.05, 0.1) is 22.5 Å². The lowest BCUT2D eigenvalue weighted by atomic mass is 10.2. The molecule has 4 heterocycles. The summed E-state index contributed by atoms with van der Waals surface area (Å²) in [6.07, 6.45) is 1.63. The average Bonchev–Trinajstić information content (AvgIpc) is 3.29. The summed E-state index contributed by atoms with van der Waals surface area (Å²) < 4.78 is 1.73. The zero-order valence-electron chi connectivity index (χ0n) is 13.0. The number of pyridine rings is 1. The number of amides is 1. The second kappa shape index (κ2) is 5.81. The number of aromatic nitrogens is 4. The number of nitrogens with zero attached hydrogens (tertiary/aromatic N) is 4. The fourth-order valence-electron chi connectivity index (χ4n) is 2.46. The molecule has 0 unspecified atom stereocenters. The van der Waals surface area contributed by atoms with Crippen molar-refractivity contribution >= 4 is 45.3 Å². The number of carbonyl (C=O) groups excluding carboxylic acids is 1. The molecule has 6 nitrogen and oxygen atoms in total. The summed E-state index contributed by atoms with van der Waals surface area (Å²) in [6.45, 7) is 1.92. The lowest BCUT2D eigenvalue weighted by molar-refractivity contribution is 0.102. The summed E-state index contributed by atoms with van der Waals surface area (Å²) in [5, 5.41) is 12.7. The molecule has 1 N–H and O–H groups in total. The van der Waals surface area contributed by atoms with E-state index in [1.807, 2.05) is 37.6 Å². The van der Waals surface area contributed by atoms with Gasteiger partial charge in [-0.25, -0.2) is 9.97 Å². The minimum atomic E-state index is -0.239. The molecule has 0 spiro atoms. The Morgan fingerprint density at radius 2 is 2.21 bits per heavy atom. The number of hydrogen-bond donors (Lipinski definition) is 1. The molecule has 0 saturated carbocycles. The molecule has 4 rings (SSSR count). The molecule has 0 radical (unpaired) electrons. The summed E-state index contributed by atoms with van der Waals surface area (Å²) >= 11 is 3.07. The second-order valence-corrected chi connectivity index (χ2v) is 7.08. The molecule has 0 bridgehead atoms. The molecule has 0 atom stereocenters. The summed E-state index contributed by atoms with van der Waals surface area (Å²) in [5.41, 5.74) is 2.71. The van der Waals surface area contributed by atoms with Crippen LogP contribution in [0.25, 0.3) is 20.9 Å². The van der Waals surface area contributed by atoms with E-state index in [1.165, 1.54) is 11.3 Å². The van der Waals surface area contributed by atoms with Gasteiger partial charge in [0.15, 0.2) is 5.65 Å². The summed E-state index contributed by atoms with van der Waals surface area (Å²) in [5.74, 6) is -0.239. The first-order valence-electron chi connectivity index (χ1n) is 7.22. The van der Waals surface area contributed by atoms with Crippen LogP contribution in [0.3, 0.4) is 0 Å². The number of hydrogen-bond acceptors (Lipinski definition) is 6. The third-order valence-corrected chi connectivity index (χ3v) is 5.47. The van der Waals surface area contributed by atoms with Crippen LogP contribution >= 0.6 is 22.7 Å². The van der Waals surface area contributed by atoms with Crippen LogP contribution in [0.15, 0.2) is 35.2 Å². The second-order valence-electron chi connectivity index (χ2n) is 5.27. The van der Waals surface area contributed by atoms with Crippen LogP contribution in [-0.4, -0.2) is 25.7 Å². The van der Waals surface area contributed by atoms with E-state index in [1.54, 1.807) is 27.6 Å². The van der Waals surface area contributed by atoms with Crippen molar-refractivity contribution < 1.29 is 4.79 Å². The van der Waals surface area contributed by atoms with Crippen LogP contribution in [0.5, 0.6) is 0 Å². The van der Waals surface area contributed by atoms with Gasteiger partial charge in [-0.15, -0.1) is 22.7 Å². The van der Waals surface area contributed by atoms with Crippen molar-refractivity contribution in [3.05, 3.63) is 46.5 Å². The van der Waals surface area contributed by atoms with Crippen LogP contribution in [0.1, 0.15) is 16.2 Å². The van der Waals surface area contributed by atoms with Crippen molar-refractivity contribution in [3.63, 3.8) is 0 Å². The summed E-state index contributed by atoms with van der Waals surface area (Å²) in [4.78, 5) is 22.3. The van der Waals surface area contributed by atoms with Crippen LogP contribution < -0.4 is 5.32 Å². The van der Waals surface area contributed by atoms with Gasteiger partial charge >= 0.3 is 0 Å². The number of anilines is 1. The highest BCUT2D eigenvalue weighted by atomic mass is 32.1. The fraction of sp³-hybridized carbons (Fsp3) is 0.125. The van der Waals surface area contributed by atoms with E-state index in [-0.39, 0.29) is 5.91 Å². The smallest absolute Gasteiger partial charge is 0.275 e. The maximum absolute atomic E-state index is 12.4. The predicted molar refractivity (Wildman–Crippen MR) is 96.6 cm³/mol. The van der Waals surface area contributed by atoms with E-state index >= 15 is 0 Å². The predicted octanol–water partition coefficient (Wildman–Crippen LogP) is 3.71. The minimum Gasteiger partial charge on any atom is -0.319 e. The van der Waals surface area contributed by atoms with E-state index < -0.39 is 0 Å². The van der Waals surface area contributed by atoms with E-state index in [0.717, 1.165) is 26.6 Å². The van der Waals surface area contributed by atoms with Gasteiger partial charge in [0, 0.05) is 17.8 Å². The third kappa shape index (κ3) is 2.59. The average molecular weight is 355 g/mol. The standard InChI is InChI=1S/C16H13N5OS2/c1-9-11-6-10(7-17-14(11)21(2)20-9)18-15(22)12-8-24-16(19-12)13-4-3-5-23-13/h3-8H,1-2H3,(H,18,22). The first-order chi connectivity index (χ1) is 11.6. The lowest BCUT2D eigenvalue weighted by Gasteiger charge is -2.03. The first-order valence-corrected chi connectivity index (χ1v) is 8.98. The minimum absolute atomic E-state index is 0.239. The van der Waals surface area contributed by atoms with E-state index in [0.29, 0.717) is 11.4 Å². The van der Waals surface area contributed by atoms with Crippen LogP contribution in [0, 0.1) is 6.92 Å². The molecule has 0 aliphatic rings. The van der Waals surface area contributed by atoms with E-state index in [4.69, 9.17) is 0 Å². The maximum Gasteiger partial charge on any atom is 0.275 e. The highest BCUT2D eigenvalue weighted by Gasteiger charge is 2.14. The molecular formula is C16H13N5OS2. The van der Waals surface area contributed by atoms with Gasteiger partial charge in [0.25, 0.3) is 5.91 Å². The van der Waals surface area contributed by atoms with Crippen molar-refractivity contribution in [2.75, 3.05) is 5.32 Å². The number of nitrogens with one attached hydrogen (secondary N) is 1. The van der Waals surface area contributed by atoms with Crippen molar-refractivity contribution in [2.24, 2.45) is 7.05 Å². The number of thiophene rings is 1. The van der Waals surface area contributed by atoms with Gasteiger partial charge in [-0.2, -0.15) is 5.10 Å². The molecule has 0 aromatic carbocycles.